The minimum atomic E-state index is 0.209. The number of hydrogen-bond acceptors (Lipinski definition) is 3. The molecular formula is C15H28N2O. The third-order valence-corrected chi connectivity index (χ3v) is 3.70. The largest absolute Gasteiger partial charge is 0.377 e. The van der Waals surface area contributed by atoms with E-state index < -0.39 is 0 Å². The lowest BCUT2D eigenvalue weighted by molar-refractivity contribution is 0.0295. The number of hydrogen-bond donors (Lipinski definition) is 1. The molecule has 3 nitrogen and oxygen atoms in total. The van der Waals surface area contributed by atoms with Crippen LogP contribution >= 0.6 is 0 Å². The molecule has 0 saturated heterocycles. The quantitative estimate of drug-likeness (QED) is 0.674. The van der Waals surface area contributed by atoms with Gasteiger partial charge in [0.1, 0.15) is 0 Å². The fraction of sp³-hybridized carbons (Fsp3) is 0.933. The fourth-order valence-corrected chi connectivity index (χ4v) is 2.44. The standard InChI is InChI=1S/C15H28N2O/c1-15(2,9-6-10-16)13-17-11-12-18-14-7-4-3-5-8-14/h14,17H,3-9,11-13H2,1-2H3. The molecule has 0 amide bonds. The van der Waals surface area contributed by atoms with E-state index in [1.54, 1.807) is 0 Å². The molecule has 0 unspecified atom stereocenters. The summed E-state index contributed by atoms with van der Waals surface area (Å²) in [6.07, 6.45) is 8.64. The van der Waals surface area contributed by atoms with Gasteiger partial charge < -0.3 is 10.1 Å². The van der Waals surface area contributed by atoms with Crippen molar-refractivity contribution >= 4 is 0 Å². The lowest BCUT2D eigenvalue weighted by Crippen LogP contribution is -2.32. The molecule has 1 fully saturated rings. The van der Waals surface area contributed by atoms with Crippen molar-refractivity contribution in [1.82, 2.24) is 5.32 Å². The lowest BCUT2D eigenvalue weighted by Gasteiger charge is -2.25. The molecule has 0 atom stereocenters. The van der Waals surface area contributed by atoms with Gasteiger partial charge >= 0.3 is 0 Å². The molecule has 0 aromatic heterocycles. The maximum atomic E-state index is 8.59. The molecule has 0 aromatic rings. The van der Waals surface area contributed by atoms with Crippen LogP contribution in [-0.2, 0) is 4.74 Å². The topological polar surface area (TPSA) is 45.0 Å². The summed E-state index contributed by atoms with van der Waals surface area (Å²) >= 11 is 0. The van der Waals surface area contributed by atoms with Crippen LogP contribution in [0.15, 0.2) is 0 Å². The molecule has 104 valence electrons. The summed E-state index contributed by atoms with van der Waals surface area (Å²) in [6, 6.07) is 2.22. The van der Waals surface area contributed by atoms with Gasteiger partial charge in [0.15, 0.2) is 0 Å². The number of nitrogens with zero attached hydrogens (tertiary/aromatic N) is 1. The molecule has 1 aliphatic carbocycles. The number of nitrogens with one attached hydrogen (secondary N) is 1. The lowest BCUT2D eigenvalue weighted by atomic mass is 9.88. The van der Waals surface area contributed by atoms with Crippen molar-refractivity contribution in [2.45, 2.75) is 64.9 Å². The molecule has 1 aliphatic rings. The molecule has 1 rings (SSSR count). The van der Waals surface area contributed by atoms with Crippen molar-refractivity contribution in [2.75, 3.05) is 19.7 Å². The average Bonchev–Trinajstić information content (AvgIpc) is 2.37. The highest BCUT2D eigenvalue weighted by atomic mass is 16.5. The van der Waals surface area contributed by atoms with Gasteiger partial charge in [0.25, 0.3) is 0 Å². The Bertz CT molecular complexity index is 252. The number of ether oxygens (including phenoxy) is 1. The Morgan fingerprint density at radius 2 is 2.00 bits per heavy atom. The summed E-state index contributed by atoms with van der Waals surface area (Å²) in [5, 5.41) is 12.0. The molecule has 18 heavy (non-hydrogen) atoms. The molecule has 3 heteroatoms. The first-order valence-corrected chi connectivity index (χ1v) is 7.33. The first-order chi connectivity index (χ1) is 8.64. The molecule has 0 heterocycles. The second kappa shape index (κ2) is 8.50. The van der Waals surface area contributed by atoms with Crippen LogP contribution in [-0.4, -0.2) is 25.8 Å². The van der Waals surface area contributed by atoms with Gasteiger partial charge in [-0.3, -0.25) is 0 Å². The summed E-state index contributed by atoms with van der Waals surface area (Å²) in [6.45, 7) is 7.12. The maximum Gasteiger partial charge on any atom is 0.0621 e. The number of nitriles is 1. The van der Waals surface area contributed by atoms with E-state index in [1.165, 1.54) is 32.1 Å². The first-order valence-electron chi connectivity index (χ1n) is 7.33. The Balaban J connectivity index is 1.99. The number of rotatable bonds is 8. The molecule has 0 spiro atoms. The Morgan fingerprint density at radius 3 is 2.67 bits per heavy atom. The predicted molar refractivity (Wildman–Crippen MR) is 74.3 cm³/mol. The van der Waals surface area contributed by atoms with E-state index in [0.717, 1.165) is 26.1 Å². The van der Waals surface area contributed by atoms with Crippen LogP contribution in [0.5, 0.6) is 0 Å². The van der Waals surface area contributed by atoms with Gasteiger partial charge in [0.2, 0.25) is 0 Å². The first kappa shape index (κ1) is 15.5. The summed E-state index contributed by atoms with van der Waals surface area (Å²) in [5.74, 6) is 0. The molecule has 1 N–H and O–H groups in total. The van der Waals surface area contributed by atoms with E-state index in [9.17, 15) is 0 Å². The highest BCUT2D eigenvalue weighted by Gasteiger charge is 2.17. The van der Waals surface area contributed by atoms with Gasteiger partial charge in [-0.15, -0.1) is 0 Å². The van der Waals surface area contributed by atoms with Crippen molar-refractivity contribution in [3.8, 4) is 6.07 Å². The third kappa shape index (κ3) is 6.98. The van der Waals surface area contributed by atoms with Crippen molar-refractivity contribution in [2.24, 2.45) is 5.41 Å². The van der Waals surface area contributed by atoms with Crippen molar-refractivity contribution in [3.63, 3.8) is 0 Å². The molecule has 0 bridgehead atoms. The van der Waals surface area contributed by atoms with Gasteiger partial charge in [-0.1, -0.05) is 33.1 Å². The fourth-order valence-electron chi connectivity index (χ4n) is 2.44. The summed E-state index contributed by atoms with van der Waals surface area (Å²) in [4.78, 5) is 0. The van der Waals surface area contributed by atoms with Gasteiger partial charge in [0, 0.05) is 19.5 Å². The molecule has 1 saturated carbocycles. The minimum Gasteiger partial charge on any atom is -0.377 e. The second-order valence-corrected chi connectivity index (χ2v) is 6.13. The van der Waals surface area contributed by atoms with Crippen LogP contribution < -0.4 is 5.32 Å². The predicted octanol–water partition coefficient (Wildman–Crippen LogP) is 3.26. The summed E-state index contributed by atoms with van der Waals surface area (Å²) in [5.41, 5.74) is 0.209. The van der Waals surface area contributed by atoms with Crippen LogP contribution in [0.4, 0.5) is 0 Å². The Kier molecular flexibility index (Phi) is 7.31. The third-order valence-electron chi connectivity index (χ3n) is 3.70. The van der Waals surface area contributed by atoms with E-state index in [1.807, 2.05) is 0 Å². The normalized spacial score (nSPS) is 17.6. The maximum absolute atomic E-state index is 8.59. The van der Waals surface area contributed by atoms with E-state index in [0.29, 0.717) is 12.5 Å². The zero-order valence-electron chi connectivity index (χ0n) is 12.0. The van der Waals surface area contributed by atoms with Crippen molar-refractivity contribution in [1.29, 1.82) is 5.26 Å². The van der Waals surface area contributed by atoms with Crippen molar-refractivity contribution < 1.29 is 4.74 Å². The highest BCUT2D eigenvalue weighted by molar-refractivity contribution is 4.78. The molecule has 0 aromatic carbocycles. The van der Waals surface area contributed by atoms with Gasteiger partial charge in [0.05, 0.1) is 18.8 Å². The Morgan fingerprint density at radius 1 is 1.28 bits per heavy atom. The molecular weight excluding hydrogens is 224 g/mol. The van der Waals surface area contributed by atoms with Crippen LogP contribution in [0.2, 0.25) is 0 Å². The van der Waals surface area contributed by atoms with Crippen LogP contribution in [0.3, 0.4) is 0 Å². The summed E-state index contributed by atoms with van der Waals surface area (Å²) < 4.78 is 5.86. The van der Waals surface area contributed by atoms with Gasteiger partial charge in [-0.2, -0.15) is 5.26 Å². The van der Waals surface area contributed by atoms with Crippen LogP contribution in [0.1, 0.15) is 58.8 Å². The second-order valence-electron chi connectivity index (χ2n) is 6.13. The highest BCUT2D eigenvalue weighted by Crippen LogP contribution is 2.21. The van der Waals surface area contributed by atoms with Gasteiger partial charge in [-0.05, 0) is 24.7 Å². The minimum absolute atomic E-state index is 0.209. The van der Waals surface area contributed by atoms with Crippen molar-refractivity contribution in [3.05, 3.63) is 0 Å². The van der Waals surface area contributed by atoms with Crippen LogP contribution in [0, 0.1) is 16.7 Å². The zero-order valence-corrected chi connectivity index (χ0v) is 12.0. The smallest absolute Gasteiger partial charge is 0.0621 e. The SMILES string of the molecule is CC(C)(CCC#N)CNCCOC1CCCCC1. The van der Waals surface area contributed by atoms with E-state index in [2.05, 4.69) is 25.2 Å². The van der Waals surface area contributed by atoms with E-state index in [4.69, 9.17) is 10.00 Å². The van der Waals surface area contributed by atoms with Crippen LogP contribution in [0.25, 0.3) is 0 Å². The van der Waals surface area contributed by atoms with E-state index in [-0.39, 0.29) is 5.41 Å². The Hall–Kier alpha value is -0.590. The Labute approximate surface area is 112 Å². The monoisotopic (exact) mass is 252 g/mol. The van der Waals surface area contributed by atoms with Gasteiger partial charge in [-0.25, -0.2) is 0 Å². The molecule has 0 radical (unpaired) electrons. The summed E-state index contributed by atoms with van der Waals surface area (Å²) in [7, 11) is 0. The van der Waals surface area contributed by atoms with E-state index >= 15 is 0 Å². The average molecular weight is 252 g/mol. The molecule has 0 aliphatic heterocycles. The zero-order chi connectivity index (χ0) is 13.3.